The van der Waals surface area contributed by atoms with Gasteiger partial charge in [0.15, 0.2) is 5.76 Å². The molecule has 0 bridgehead atoms. The summed E-state index contributed by atoms with van der Waals surface area (Å²) in [6.45, 7) is 13.0. The van der Waals surface area contributed by atoms with Crippen LogP contribution in [0.3, 0.4) is 0 Å². The summed E-state index contributed by atoms with van der Waals surface area (Å²) in [5, 5.41) is 0. The molecule has 0 aromatic heterocycles. The van der Waals surface area contributed by atoms with Gasteiger partial charge in [-0.25, -0.2) is 0 Å². The third-order valence-electron chi connectivity index (χ3n) is 0.656. The van der Waals surface area contributed by atoms with E-state index in [1.807, 2.05) is 20.8 Å². The summed E-state index contributed by atoms with van der Waals surface area (Å²) in [6, 6.07) is 0. The molecule has 0 N–H and O–H groups in total. The zero-order chi connectivity index (χ0) is 8.15. The Labute approximate surface area is 62.7 Å². The molecule has 0 fully saturated rings. The second kappa shape index (κ2) is 3.94. The molecule has 1 nitrogen and oxygen atoms in total. The lowest BCUT2D eigenvalue weighted by Gasteiger charge is -1.76. The maximum atomic E-state index is 4.66. The molecule has 1 aliphatic heterocycles. The van der Waals surface area contributed by atoms with Gasteiger partial charge in [0.05, 0.1) is 0 Å². The highest BCUT2D eigenvalue weighted by molar-refractivity contribution is 5.26. The van der Waals surface area contributed by atoms with Gasteiger partial charge in [-0.05, 0) is 26.3 Å². The quantitative estimate of drug-likeness (QED) is 0.507. The summed E-state index contributed by atoms with van der Waals surface area (Å²) in [7, 11) is 0. The molecule has 0 saturated heterocycles. The highest BCUT2D eigenvalue weighted by Gasteiger charge is 2.07. The van der Waals surface area contributed by atoms with Crippen LogP contribution in [0, 0.1) is 0 Å². The van der Waals surface area contributed by atoms with Crippen molar-refractivity contribution in [3.8, 4) is 0 Å². The molecule has 1 rings (SSSR count). The van der Waals surface area contributed by atoms with Crippen LogP contribution in [0.1, 0.15) is 20.8 Å². The number of hydrogen-bond acceptors (Lipinski definition) is 1. The van der Waals surface area contributed by atoms with Crippen molar-refractivity contribution in [2.75, 3.05) is 0 Å². The summed E-state index contributed by atoms with van der Waals surface area (Å²) in [5.41, 5.74) is 2.18. The van der Waals surface area contributed by atoms with E-state index in [2.05, 4.69) is 17.9 Å². The Hall–Kier alpha value is -0.980. The van der Waals surface area contributed by atoms with Gasteiger partial charge in [0.1, 0.15) is 6.26 Å². The first-order valence-electron chi connectivity index (χ1n) is 3.19. The fourth-order valence-corrected chi connectivity index (χ4v) is 0.231. The number of hydrogen-bond donors (Lipinski definition) is 0. The molecule has 0 spiro atoms. The van der Waals surface area contributed by atoms with Crippen LogP contribution in [-0.4, -0.2) is 0 Å². The van der Waals surface area contributed by atoms with Crippen molar-refractivity contribution in [2.45, 2.75) is 20.8 Å². The van der Waals surface area contributed by atoms with Crippen LogP contribution >= 0.6 is 0 Å². The Morgan fingerprint density at radius 3 is 1.60 bits per heavy atom. The summed E-state index contributed by atoms with van der Waals surface area (Å²) in [5.74, 6) is 0.940. The molecule has 0 saturated carbocycles. The highest BCUT2D eigenvalue weighted by Crippen LogP contribution is 2.19. The summed E-state index contributed by atoms with van der Waals surface area (Å²) < 4.78 is 4.66. The lowest BCUT2D eigenvalue weighted by molar-refractivity contribution is 0.509. The summed E-state index contributed by atoms with van der Waals surface area (Å²) >= 11 is 0. The van der Waals surface area contributed by atoms with E-state index in [4.69, 9.17) is 0 Å². The minimum absolute atomic E-state index is 0.940. The van der Waals surface area contributed by atoms with E-state index < -0.39 is 0 Å². The van der Waals surface area contributed by atoms with Gasteiger partial charge in [-0.3, -0.25) is 0 Å². The van der Waals surface area contributed by atoms with Crippen LogP contribution in [0.15, 0.2) is 36.3 Å². The molecule has 0 unspecified atom stereocenters. The van der Waals surface area contributed by atoms with Crippen molar-refractivity contribution in [3.63, 3.8) is 0 Å². The second-order valence-electron chi connectivity index (χ2n) is 2.59. The first-order valence-corrected chi connectivity index (χ1v) is 3.19. The molecule has 0 atom stereocenters. The van der Waals surface area contributed by atoms with Gasteiger partial charge >= 0.3 is 0 Å². The Balaban J connectivity index is 0.000000180. The number of allylic oxidation sites excluding steroid dienone is 2. The Morgan fingerprint density at radius 2 is 1.60 bits per heavy atom. The predicted molar refractivity (Wildman–Crippen MR) is 44.5 cm³/mol. The maximum Gasteiger partial charge on any atom is 0.164 e. The smallest absolute Gasteiger partial charge is 0.164 e. The standard InChI is InChI=1S/C5H6O.C4H8/c1-4(2)5-3-6-5;1-4(2)3/h3H,1H2,2H3;1H2,2-3H3. The molecule has 0 aliphatic carbocycles. The van der Waals surface area contributed by atoms with E-state index in [-0.39, 0.29) is 0 Å². The third-order valence-corrected chi connectivity index (χ3v) is 0.656. The lowest BCUT2D eigenvalue weighted by Crippen LogP contribution is -1.60. The molecule has 56 valence electrons. The molecule has 1 aliphatic rings. The Kier molecular flexibility index (Phi) is 3.55. The van der Waals surface area contributed by atoms with Gasteiger partial charge in [-0.2, -0.15) is 0 Å². The molecule has 0 amide bonds. The molecular weight excluding hydrogens is 124 g/mol. The van der Waals surface area contributed by atoms with E-state index in [0.717, 1.165) is 11.3 Å². The molecule has 1 heteroatoms. The summed E-state index contributed by atoms with van der Waals surface area (Å²) in [4.78, 5) is 0. The first kappa shape index (κ1) is 9.02. The van der Waals surface area contributed by atoms with Gasteiger partial charge in [-0.1, -0.05) is 12.2 Å². The molecule has 0 radical (unpaired) electrons. The zero-order valence-corrected chi connectivity index (χ0v) is 6.90. The molecule has 0 aromatic rings. The average molecular weight is 138 g/mol. The molecule has 10 heavy (non-hydrogen) atoms. The van der Waals surface area contributed by atoms with Crippen molar-refractivity contribution >= 4 is 0 Å². The molecule has 1 heterocycles. The largest absolute Gasteiger partial charge is 0.458 e. The third kappa shape index (κ3) is 7.02. The molecular formula is C9H14O. The fraction of sp³-hybridized carbons (Fsp3) is 0.333. The van der Waals surface area contributed by atoms with Gasteiger partial charge in [0, 0.05) is 0 Å². The van der Waals surface area contributed by atoms with Crippen LogP contribution in [0.4, 0.5) is 0 Å². The van der Waals surface area contributed by atoms with Gasteiger partial charge < -0.3 is 4.74 Å². The van der Waals surface area contributed by atoms with Crippen molar-refractivity contribution < 1.29 is 4.74 Å². The molecule has 0 aromatic carbocycles. The number of ether oxygens (including phenoxy) is 1. The SMILES string of the molecule is C=C(C)C.C=C(C)C1=CO1. The maximum absolute atomic E-state index is 4.66. The van der Waals surface area contributed by atoms with Gasteiger partial charge in [0.2, 0.25) is 0 Å². The second-order valence-corrected chi connectivity index (χ2v) is 2.59. The Morgan fingerprint density at radius 1 is 1.30 bits per heavy atom. The van der Waals surface area contributed by atoms with Crippen LogP contribution in [-0.2, 0) is 4.74 Å². The normalized spacial score (nSPS) is 11.7. The zero-order valence-electron chi connectivity index (χ0n) is 6.90. The van der Waals surface area contributed by atoms with Crippen LogP contribution < -0.4 is 0 Å². The highest BCUT2D eigenvalue weighted by atomic mass is 16.5. The lowest BCUT2D eigenvalue weighted by atomic mass is 10.3. The van der Waals surface area contributed by atoms with Crippen LogP contribution in [0.25, 0.3) is 0 Å². The topological polar surface area (TPSA) is 12.5 Å². The Bertz CT molecular complexity index is 171. The van der Waals surface area contributed by atoms with E-state index in [0.29, 0.717) is 0 Å². The minimum atomic E-state index is 0.940. The summed E-state index contributed by atoms with van der Waals surface area (Å²) in [6.07, 6.45) is 1.68. The van der Waals surface area contributed by atoms with E-state index in [1.54, 1.807) is 6.26 Å². The fourth-order valence-electron chi connectivity index (χ4n) is 0.231. The average Bonchev–Trinajstić information content (AvgIpc) is 2.38. The van der Waals surface area contributed by atoms with Gasteiger partial charge in [-0.15, -0.1) is 6.58 Å². The van der Waals surface area contributed by atoms with Crippen molar-refractivity contribution in [3.05, 3.63) is 36.3 Å². The number of rotatable bonds is 1. The van der Waals surface area contributed by atoms with E-state index >= 15 is 0 Å². The first-order chi connectivity index (χ1) is 4.54. The monoisotopic (exact) mass is 138 g/mol. The van der Waals surface area contributed by atoms with Crippen LogP contribution in [0.5, 0.6) is 0 Å². The van der Waals surface area contributed by atoms with Crippen molar-refractivity contribution in [1.29, 1.82) is 0 Å². The van der Waals surface area contributed by atoms with E-state index in [9.17, 15) is 0 Å². The van der Waals surface area contributed by atoms with Crippen LogP contribution in [0.2, 0.25) is 0 Å². The van der Waals surface area contributed by atoms with Gasteiger partial charge in [0.25, 0.3) is 0 Å². The van der Waals surface area contributed by atoms with Crippen molar-refractivity contribution in [1.82, 2.24) is 0 Å². The van der Waals surface area contributed by atoms with E-state index in [1.165, 1.54) is 5.57 Å². The predicted octanol–water partition coefficient (Wildman–Crippen LogP) is 3.02. The van der Waals surface area contributed by atoms with Crippen molar-refractivity contribution in [2.24, 2.45) is 0 Å². The minimum Gasteiger partial charge on any atom is -0.458 e.